The molecular formula is C16H16FN3O. The van der Waals surface area contributed by atoms with Crippen LogP contribution in [0, 0.1) is 5.82 Å². The van der Waals surface area contributed by atoms with Crippen LogP contribution in [-0.2, 0) is 13.6 Å². The lowest BCUT2D eigenvalue weighted by Crippen LogP contribution is -1.98. The van der Waals surface area contributed by atoms with Crippen LogP contribution in [0.4, 0.5) is 4.39 Å². The number of ether oxygens (including phenoxy) is 1. The van der Waals surface area contributed by atoms with Crippen LogP contribution in [0.25, 0.3) is 22.4 Å². The molecule has 0 bridgehead atoms. The molecular weight excluding hydrogens is 269 g/mol. The van der Waals surface area contributed by atoms with E-state index in [4.69, 9.17) is 10.5 Å². The molecule has 0 saturated carbocycles. The second-order valence-corrected chi connectivity index (χ2v) is 4.80. The largest absolute Gasteiger partial charge is 0.496 e. The Morgan fingerprint density at radius 1 is 1.24 bits per heavy atom. The molecule has 1 heterocycles. The predicted octanol–water partition coefficient (Wildman–Crippen LogP) is 2.85. The van der Waals surface area contributed by atoms with Crippen molar-refractivity contribution >= 4 is 11.0 Å². The van der Waals surface area contributed by atoms with E-state index in [-0.39, 0.29) is 5.82 Å². The number of para-hydroxylation sites is 1. The lowest BCUT2D eigenvalue weighted by atomic mass is 10.1. The Morgan fingerprint density at radius 2 is 2.00 bits per heavy atom. The third-order valence-corrected chi connectivity index (χ3v) is 3.63. The lowest BCUT2D eigenvalue weighted by Gasteiger charge is -2.09. The zero-order valence-corrected chi connectivity index (χ0v) is 11.9. The summed E-state index contributed by atoms with van der Waals surface area (Å²) >= 11 is 0. The van der Waals surface area contributed by atoms with Gasteiger partial charge in [0.2, 0.25) is 0 Å². The molecule has 3 aromatic rings. The first-order chi connectivity index (χ1) is 10.2. The number of nitrogens with two attached hydrogens (primary N) is 1. The Labute approximate surface area is 122 Å². The van der Waals surface area contributed by atoms with Crippen LogP contribution in [0.15, 0.2) is 36.4 Å². The number of hydrogen-bond donors (Lipinski definition) is 1. The minimum atomic E-state index is -0.359. The van der Waals surface area contributed by atoms with Crippen LogP contribution >= 0.6 is 0 Å². The molecule has 4 nitrogen and oxygen atoms in total. The number of aromatic nitrogens is 2. The van der Waals surface area contributed by atoms with E-state index in [0.29, 0.717) is 23.7 Å². The van der Waals surface area contributed by atoms with Crippen LogP contribution in [-0.4, -0.2) is 16.7 Å². The zero-order chi connectivity index (χ0) is 15.0. The maximum Gasteiger partial charge on any atom is 0.147 e. The molecule has 1 aromatic heterocycles. The number of nitrogens with zero attached hydrogens (tertiary/aromatic N) is 2. The highest BCUT2D eigenvalue weighted by molar-refractivity contribution is 5.84. The van der Waals surface area contributed by atoms with Crippen molar-refractivity contribution in [3.05, 3.63) is 47.8 Å². The molecule has 108 valence electrons. The molecule has 0 amide bonds. The molecule has 5 heteroatoms. The number of benzene rings is 2. The molecule has 0 unspecified atom stereocenters. The van der Waals surface area contributed by atoms with Gasteiger partial charge in [-0.15, -0.1) is 0 Å². The molecule has 0 fully saturated rings. The Kier molecular flexibility index (Phi) is 3.35. The number of hydrogen-bond acceptors (Lipinski definition) is 3. The van der Waals surface area contributed by atoms with Gasteiger partial charge in [-0.1, -0.05) is 18.2 Å². The fourth-order valence-corrected chi connectivity index (χ4v) is 2.55. The first-order valence-electron chi connectivity index (χ1n) is 6.64. The second kappa shape index (κ2) is 5.18. The molecule has 0 radical (unpaired) electrons. The van der Waals surface area contributed by atoms with E-state index in [1.54, 1.807) is 12.1 Å². The van der Waals surface area contributed by atoms with Crippen LogP contribution in [0.2, 0.25) is 0 Å². The maximum atomic E-state index is 14.3. The molecule has 0 spiro atoms. The maximum absolute atomic E-state index is 14.3. The van der Waals surface area contributed by atoms with Crippen molar-refractivity contribution in [3.63, 3.8) is 0 Å². The molecule has 0 atom stereocenters. The SMILES string of the molecule is COc1cccc(F)c1-c1nc2c(CN)cccc2n1C. The molecule has 2 aromatic carbocycles. The highest BCUT2D eigenvalue weighted by Crippen LogP contribution is 2.34. The van der Waals surface area contributed by atoms with E-state index in [2.05, 4.69) is 4.98 Å². The Hall–Kier alpha value is -2.40. The van der Waals surface area contributed by atoms with Gasteiger partial charge >= 0.3 is 0 Å². The fourth-order valence-electron chi connectivity index (χ4n) is 2.55. The van der Waals surface area contributed by atoms with Gasteiger partial charge in [-0.3, -0.25) is 0 Å². The summed E-state index contributed by atoms with van der Waals surface area (Å²) in [4.78, 5) is 4.59. The average Bonchev–Trinajstić information content (AvgIpc) is 2.84. The van der Waals surface area contributed by atoms with Crippen molar-refractivity contribution in [3.8, 4) is 17.1 Å². The highest BCUT2D eigenvalue weighted by atomic mass is 19.1. The third-order valence-electron chi connectivity index (χ3n) is 3.63. The number of methoxy groups -OCH3 is 1. The smallest absolute Gasteiger partial charge is 0.147 e. The van der Waals surface area contributed by atoms with E-state index in [1.807, 2.05) is 29.8 Å². The van der Waals surface area contributed by atoms with E-state index >= 15 is 0 Å². The van der Waals surface area contributed by atoms with Gasteiger partial charge in [0.25, 0.3) is 0 Å². The van der Waals surface area contributed by atoms with E-state index < -0.39 is 0 Å². The van der Waals surface area contributed by atoms with Gasteiger partial charge in [0.1, 0.15) is 17.4 Å². The summed E-state index contributed by atoms with van der Waals surface area (Å²) in [6, 6.07) is 10.5. The first kappa shape index (κ1) is 13.6. The van der Waals surface area contributed by atoms with Crippen LogP contribution in [0.5, 0.6) is 5.75 Å². The number of fused-ring (bicyclic) bond motifs is 1. The summed E-state index contributed by atoms with van der Waals surface area (Å²) in [5.74, 6) is 0.630. The van der Waals surface area contributed by atoms with Crippen molar-refractivity contribution in [1.82, 2.24) is 9.55 Å². The number of aryl methyl sites for hydroxylation is 1. The minimum Gasteiger partial charge on any atom is -0.496 e. The Balaban J connectivity index is 2.34. The van der Waals surface area contributed by atoms with Gasteiger partial charge in [0.15, 0.2) is 0 Å². The van der Waals surface area contributed by atoms with Gasteiger partial charge in [-0.2, -0.15) is 0 Å². The summed E-state index contributed by atoms with van der Waals surface area (Å²) in [6.07, 6.45) is 0. The summed E-state index contributed by atoms with van der Waals surface area (Å²) in [7, 11) is 3.38. The fraction of sp³-hybridized carbons (Fsp3) is 0.188. The standard InChI is InChI=1S/C16H16FN3O/c1-20-12-7-3-5-10(9-18)15(12)19-16(20)14-11(17)6-4-8-13(14)21-2/h3-8H,9,18H2,1-2H3. The highest BCUT2D eigenvalue weighted by Gasteiger charge is 2.19. The normalized spacial score (nSPS) is 11.0. The minimum absolute atomic E-state index is 0.359. The Morgan fingerprint density at radius 3 is 2.71 bits per heavy atom. The zero-order valence-electron chi connectivity index (χ0n) is 11.9. The monoisotopic (exact) mass is 285 g/mol. The lowest BCUT2D eigenvalue weighted by molar-refractivity contribution is 0.413. The topological polar surface area (TPSA) is 53.1 Å². The quantitative estimate of drug-likeness (QED) is 0.805. The predicted molar refractivity (Wildman–Crippen MR) is 80.6 cm³/mol. The average molecular weight is 285 g/mol. The van der Waals surface area contributed by atoms with E-state index in [9.17, 15) is 4.39 Å². The van der Waals surface area contributed by atoms with E-state index in [1.165, 1.54) is 13.2 Å². The van der Waals surface area contributed by atoms with Gasteiger partial charge in [0, 0.05) is 13.6 Å². The van der Waals surface area contributed by atoms with Gasteiger partial charge < -0.3 is 15.0 Å². The molecule has 0 aliphatic heterocycles. The Bertz CT molecular complexity index is 811. The summed E-state index contributed by atoms with van der Waals surface area (Å²) in [6.45, 7) is 0.391. The van der Waals surface area contributed by atoms with Crippen molar-refractivity contribution in [2.75, 3.05) is 7.11 Å². The first-order valence-corrected chi connectivity index (χ1v) is 6.64. The van der Waals surface area contributed by atoms with Crippen molar-refractivity contribution < 1.29 is 9.13 Å². The van der Waals surface area contributed by atoms with Crippen molar-refractivity contribution in [2.24, 2.45) is 12.8 Å². The molecule has 0 aliphatic carbocycles. The summed E-state index contributed by atoms with van der Waals surface area (Å²) in [5, 5.41) is 0. The molecule has 0 aliphatic rings. The number of rotatable bonds is 3. The molecule has 2 N–H and O–H groups in total. The van der Waals surface area contributed by atoms with Gasteiger partial charge in [0.05, 0.1) is 23.7 Å². The van der Waals surface area contributed by atoms with Crippen molar-refractivity contribution in [1.29, 1.82) is 0 Å². The summed E-state index contributed by atoms with van der Waals surface area (Å²) < 4.78 is 21.4. The molecule has 21 heavy (non-hydrogen) atoms. The van der Waals surface area contributed by atoms with Gasteiger partial charge in [-0.25, -0.2) is 9.37 Å². The molecule has 0 saturated heterocycles. The van der Waals surface area contributed by atoms with Crippen LogP contribution < -0.4 is 10.5 Å². The summed E-state index contributed by atoms with van der Waals surface area (Å²) in [5.41, 5.74) is 8.76. The second-order valence-electron chi connectivity index (χ2n) is 4.80. The third kappa shape index (κ3) is 2.06. The van der Waals surface area contributed by atoms with Gasteiger partial charge in [-0.05, 0) is 23.8 Å². The van der Waals surface area contributed by atoms with E-state index in [0.717, 1.165) is 16.6 Å². The number of imidazole rings is 1. The molecule has 3 rings (SSSR count). The van der Waals surface area contributed by atoms with Crippen molar-refractivity contribution in [2.45, 2.75) is 6.54 Å². The van der Waals surface area contributed by atoms with Crippen LogP contribution in [0.1, 0.15) is 5.56 Å². The van der Waals surface area contributed by atoms with Crippen LogP contribution in [0.3, 0.4) is 0 Å². The number of halogens is 1.